The fraction of sp³-hybridized carbons (Fsp3) is 0.333. The van der Waals surface area contributed by atoms with Crippen LogP contribution in [0, 0.1) is 5.92 Å². The van der Waals surface area contributed by atoms with Crippen molar-refractivity contribution in [1.82, 2.24) is 0 Å². The maximum atomic E-state index is 10.7. The summed E-state index contributed by atoms with van der Waals surface area (Å²) in [6.07, 6.45) is 2.75. The summed E-state index contributed by atoms with van der Waals surface area (Å²) in [6, 6.07) is 0. The third kappa shape index (κ3) is 2.69. The average Bonchev–Trinajstić information content (AvgIpc) is 2.11. The van der Waals surface area contributed by atoms with Gasteiger partial charge in [0, 0.05) is 0 Å². The van der Waals surface area contributed by atoms with E-state index >= 15 is 0 Å². The third-order valence-electron chi connectivity index (χ3n) is 1.13. The highest BCUT2D eigenvalue weighted by Gasteiger charge is 2.26. The van der Waals surface area contributed by atoms with Crippen molar-refractivity contribution in [2.24, 2.45) is 17.7 Å². The molecule has 0 aliphatic heterocycles. The number of hydrogen-bond acceptors (Lipinski definition) is 6. The lowest BCUT2D eigenvalue weighted by molar-refractivity contribution is -0.160. The lowest BCUT2D eigenvalue weighted by atomic mass is 10.1. The number of nitrogens with two attached hydrogens (primary N) is 2. The molecule has 0 aromatic rings. The second-order valence-electron chi connectivity index (χ2n) is 1.88. The molecular weight excluding hydrogens is 164 g/mol. The minimum atomic E-state index is -1.19. The molecule has 0 saturated heterocycles. The van der Waals surface area contributed by atoms with Crippen LogP contribution in [0.5, 0.6) is 0 Å². The molecule has 0 aliphatic carbocycles. The smallest absolute Gasteiger partial charge is 0.342 e. The Morgan fingerprint density at radius 1 is 1.25 bits per heavy atom. The highest BCUT2D eigenvalue weighted by atomic mass is 16.7. The van der Waals surface area contributed by atoms with Gasteiger partial charge in [-0.25, -0.2) is 9.59 Å². The Hall–Kier alpha value is -1.40. The molecule has 0 saturated carbocycles. The van der Waals surface area contributed by atoms with E-state index in [1.807, 2.05) is 0 Å². The molecular formula is C6H10N2O4. The molecule has 0 aromatic heterocycles. The second kappa shape index (κ2) is 5.28. The molecule has 0 fully saturated rings. The molecule has 0 spiro atoms. The molecule has 0 unspecified atom stereocenters. The van der Waals surface area contributed by atoms with E-state index in [2.05, 4.69) is 21.5 Å². The first-order chi connectivity index (χ1) is 5.67. The number of carbonyl (C=O) groups is 2. The van der Waals surface area contributed by atoms with E-state index in [0.717, 1.165) is 0 Å². The van der Waals surface area contributed by atoms with E-state index < -0.39 is 17.9 Å². The van der Waals surface area contributed by atoms with Crippen LogP contribution in [0.15, 0.2) is 12.2 Å². The van der Waals surface area contributed by atoms with Gasteiger partial charge >= 0.3 is 11.9 Å². The van der Waals surface area contributed by atoms with Crippen LogP contribution in [0.4, 0.5) is 0 Å². The number of rotatable bonds is 3. The van der Waals surface area contributed by atoms with Crippen molar-refractivity contribution in [3.8, 4) is 0 Å². The van der Waals surface area contributed by atoms with E-state index in [-0.39, 0.29) is 0 Å². The molecule has 68 valence electrons. The van der Waals surface area contributed by atoms with Crippen molar-refractivity contribution in [2.75, 3.05) is 0 Å². The van der Waals surface area contributed by atoms with Gasteiger partial charge in [0.05, 0.1) is 0 Å². The van der Waals surface area contributed by atoms with Gasteiger partial charge in [0.2, 0.25) is 0 Å². The van der Waals surface area contributed by atoms with Crippen LogP contribution in [-0.4, -0.2) is 11.9 Å². The lowest BCUT2D eigenvalue weighted by Gasteiger charge is -2.05. The van der Waals surface area contributed by atoms with Crippen molar-refractivity contribution < 1.29 is 19.3 Å². The topological polar surface area (TPSA) is 105 Å². The molecule has 0 bridgehead atoms. The molecule has 0 rings (SSSR count). The van der Waals surface area contributed by atoms with Crippen molar-refractivity contribution in [3.05, 3.63) is 12.2 Å². The van der Waals surface area contributed by atoms with E-state index in [1.54, 1.807) is 6.92 Å². The minimum Gasteiger partial charge on any atom is -0.372 e. The predicted molar refractivity (Wildman–Crippen MR) is 38.9 cm³/mol. The second-order valence-corrected chi connectivity index (χ2v) is 1.88. The molecule has 0 heterocycles. The van der Waals surface area contributed by atoms with Crippen LogP contribution in [0.3, 0.4) is 0 Å². The Kier molecular flexibility index (Phi) is 4.66. The zero-order valence-electron chi connectivity index (χ0n) is 6.52. The summed E-state index contributed by atoms with van der Waals surface area (Å²) in [5.74, 6) is 6.11. The summed E-state index contributed by atoms with van der Waals surface area (Å²) in [5.41, 5.74) is 0. The van der Waals surface area contributed by atoms with Crippen molar-refractivity contribution in [2.45, 2.75) is 6.92 Å². The normalized spacial score (nSPS) is 10.3. The van der Waals surface area contributed by atoms with Crippen LogP contribution < -0.4 is 11.8 Å². The number of allylic oxidation sites excluding steroid dienone is 1. The maximum Gasteiger partial charge on any atom is 0.342 e. The first-order valence-corrected chi connectivity index (χ1v) is 3.11. The van der Waals surface area contributed by atoms with E-state index in [9.17, 15) is 9.59 Å². The summed E-state index contributed by atoms with van der Waals surface area (Å²) in [6.45, 7) is 1.63. The van der Waals surface area contributed by atoms with Gasteiger partial charge < -0.3 is 9.68 Å². The molecule has 0 aliphatic rings. The lowest BCUT2D eigenvalue weighted by Crippen LogP contribution is -2.29. The van der Waals surface area contributed by atoms with Gasteiger partial charge in [-0.15, -0.1) is 0 Å². The highest BCUT2D eigenvalue weighted by molar-refractivity contribution is 5.96. The Bertz CT molecular complexity index is 186. The summed E-state index contributed by atoms with van der Waals surface area (Å²) in [4.78, 5) is 29.2. The van der Waals surface area contributed by atoms with E-state index in [0.29, 0.717) is 0 Å². The first-order valence-electron chi connectivity index (χ1n) is 3.11. The van der Waals surface area contributed by atoms with Crippen molar-refractivity contribution in [3.63, 3.8) is 0 Å². The largest absolute Gasteiger partial charge is 0.372 e. The Morgan fingerprint density at radius 3 is 1.92 bits per heavy atom. The molecule has 0 aromatic carbocycles. The summed E-state index contributed by atoms with van der Waals surface area (Å²) in [7, 11) is 0. The number of hydrogen-bond donors (Lipinski definition) is 2. The van der Waals surface area contributed by atoms with Crippen LogP contribution in [0.25, 0.3) is 0 Å². The SMILES string of the molecule is C/C=C/C(C(=O)ON)C(=O)ON. The summed E-state index contributed by atoms with van der Waals surface area (Å²) < 4.78 is 0. The van der Waals surface area contributed by atoms with Crippen molar-refractivity contribution in [1.29, 1.82) is 0 Å². The predicted octanol–water partition coefficient (Wildman–Crippen LogP) is -0.987. The van der Waals surface area contributed by atoms with Crippen LogP contribution in [-0.2, 0) is 19.3 Å². The first kappa shape index (κ1) is 10.6. The van der Waals surface area contributed by atoms with Crippen molar-refractivity contribution >= 4 is 11.9 Å². The van der Waals surface area contributed by atoms with Crippen LogP contribution >= 0.6 is 0 Å². The molecule has 0 amide bonds. The molecule has 6 nitrogen and oxygen atoms in total. The Morgan fingerprint density at radius 2 is 1.67 bits per heavy atom. The zero-order valence-corrected chi connectivity index (χ0v) is 6.52. The van der Waals surface area contributed by atoms with Crippen LogP contribution in [0.2, 0.25) is 0 Å². The maximum absolute atomic E-state index is 10.7. The fourth-order valence-corrected chi connectivity index (χ4v) is 0.592. The third-order valence-corrected chi connectivity index (χ3v) is 1.13. The standard InChI is InChI=1S/C6H10N2O4/c1-2-3-4(5(9)11-7)6(10)12-8/h2-4H,7-8H2,1H3/b3-2+. The minimum absolute atomic E-state index is 0.913. The van der Waals surface area contributed by atoms with Gasteiger partial charge in [0.1, 0.15) is 0 Å². The molecule has 12 heavy (non-hydrogen) atoms. The van der Waals surface area contributed by atoms with Gasteiger partial charge in [-0.3, -0.25) is 0 Å². The van der Waals surface area contributed by atoms with Gasteiger partial charge in [-0.1, -0.05) is 12.2 Å². The zero-order chi connectivity index (χ0) is 9.56. The average molecular weight is 174 g/mol. The quantitative estimate of drug-likeness (QED) is 0.323. The highest BCUT2D eigenvalue weighted by Crippen LogP contribution is 2.02. The summed E-state index contributed by atoms with van der Waals surface area (Å²) >= 11 is 0. The fourth-order valence-electron chi connectivity index (χ4n) is 0.592. The Balaban J connectivity index is 4.43. The van der Waals surface area contributed by atoms with E-state index in [1.165, 1.54) is 12.2 Å². The molecule has 0 radical (unpaired) electrons. The van der Waals surface area contributed by atoms with Gasteiger partial charge in [0.15, 0.2) is 5.92 Å². The Labute approximate surface area is 69.0 Å². The molecule has 6 heteroatoms. The molecule has 4 N–H and O–H groups in total. The van der Waals surface area contributed by atoms with Crippen LogP contribution in [0.1, 0.15) is 6.92 Å². The van der Waals surface area contributed by atoms with Gasteiger partial charge in [-0.2, -0.15) is 11.8 Å². The monoisotopic (exact) mass is 174 g/mol. The van der Waals surface area contributed by atoms with Gasteiger partial charge in [-0.05, 0) is 6.92 Å². The molecule has 0 atom stereocenters. The van der Waals surface area contributed by atoms with Gasteiger partial charge in [0.25, 0.3) is 0 Å². The number of carbonyl (C=O) groups excluding carboxylic acids is 2. The summed E-state index contributed by atoms with van der Waals surface area (Å²) in [5, 5.41) is 0. The van der Waals surface area contributed by atoms with E-state index in [4.69, 9.17) is 0 Å².